The molecule has 7 aromatic carbocycles. The van der Waals surface area contributed by atoms with E-state index in [2.05, 4.69) is 208 Å². The first-order chi connectivity index (χ1) is 25.5. The summed E-state index contributed by atoms with van der Waals surface area (Å²) in [5, 5.41) is 5.01. The zero-order chi connectivity index (χ0) is 35.2. The molecule has 0 fully saturated rings. The highest BCUT2D eigenvalue weighted by Gasteiger charge is 2.35. The molecule has 0 saturated heterocycles. The number of nitrogens with zero attached hydrogens (tertiary/aromatic N) is 1. The number of allylic oxidation sites excluding steroid dienone is 6. The molecule has 0 aromatic heterocycles. The molecule has 52 heavy (non-hydrogen) atoms. The number of fused-ring (bicyclic) bond motifs is 7. The van der Waals surface area contributed by atoms with Crippen LogP contribution in [0.1, 0.15) is 48.6 Å². The molecule has 0 bridgehead atoms. The van der Waals surface area contributed by atoms with Gasteiger partial charge in [-0.3, -0.25) is 0 Å². The Bertz CT molecular complexity index is 2630. The predicted molar refractivity (Wildman–Crippen MR) is 225 cm³/mol. The third kappa shape index (κ3) is 5.24. The summed E-state index contributed by atoms with van der Waals surface area (Å²) in [7, 11) is 0. The largest absolute Gasteiger partial charge is 0.310 e. The van der Waals surface area contributed by atoms with Crippen LogP contribution in [0.2, 0.25) is 0 Å². The van der Waals surface area contributed by atoms with E-state index in [9.17, 15) is 0 Å². The lowest BCUT2D eigenvalue weighted by Gasteiger charge is -2.29. The summed E-state index contributed by atoms with van der Waals surface area (Å²) in [5.74, 6) is 0. The molecule has 0 heterocycles. The maximum absolute atomic E-state index is 2.47. The van der Waals surface area contributed by atoms with Gasteiger partial charge in [0.1, 0.15) is 0 Å². The summed E-state index contributed by atoms with van der Waals surface area (Å²) in [5.41, 5.74) is 15.2. The summed E-state index contributed by atoms with van der Waals surface area (Å²) in [4.78, 5) is 2.47. The van der Waals surface area contributed by atoms with Crippen molar-refractivity contribution >= 4 is 50.8 Å². The fourth-order valence-electron chi connectivity index (χ4n) is 8.47. The smallest absolute Gasteiger partial charge is 0.0546 e. The van der Waals surface area contributed by atoms with Crippen molar-refractivity contribution in [2.45, 2.75) is 32.6 Å². The van der Waals surface area contributed by atoms with Crippen LogP contribution in [0, 0.1) is 0 Å². The van der Waals surface area contributed by atoms with Crippen LogP contribution in [0.15, 0.2) is 170 Å². The Balaban J connectivity index is 1.22. The van der Waals surface area contributed by atoms with Gasteiger partial charge in [0.25, 0.3) is 0 Å². The van der Waals surface area contributed by atoms with Gasteiger partial charge in [0.2, 0.25) is 0 Å². The van der Waals surface area contributed by atoms with E-state index in [1.165, 1.54) is 77.3 Å². The zero-order valence-corrected chi connectivity index (χ0v) is 30.0. The molecule has 0 aliphatic heterocycles. The van der Waals surface area contributed by atoms with Crippen molar-refractivity contribution in [3.63, 3.8) is 0 Å². The third-order valence-corrected chi connectivity index (χ3v) is 11.1. The minimum absolute atomic E-state index is 0.0994. The van der Waals surface area contributed by atoms with Gasteiger partial charge >= 0.3 is 0 Å². The number of anilines is 3. The summed E-state index contributed by atoms with van der Waals surface area (Å²) in [6.45, 7) is 6.77. The van der Waals surface area contributed by atoms with E-state index in [-0.39, 0.29) is 5.41 Å². The van der Waals surface area contributed by atoms with E-state index in [4.69, 9.17) is 0 Å². The Hall–Kier alpha value is -6.18. The average Bonchev–Trinajstić information content (AvgIpc) is 3.31. The fourth-order valence-corrected chi connectivity index (χ4v) is 8.47. The van der Waals surface area contributed by atoms with E-state index in [1.54, 1.807) is 0 Å². The second-order valence-electron chi connectivity index (χ2n) is 14.4. The maximum atomic E-state index is 2.47. The number of hydrogen-bond acceptors (Lipinski definition) is 1. The van der Waals surface area contributed by atoms with Gasteiger partial charge in [0.05, 0.1) is 5.69 Å². The van der Waals surface area contributed by atoms with E-state index in [0.29, 0.717) is 0 Å². The molecule has 1 nitrogen and oxygen atoms in total. The molecule has 9 rings (SSSR count). The molecule has 0 radical (unpaired) electrons. The SMILES string of the molecule is C/C=C\C=C/c1ccc(-c2ccc(N(c3ccc4c(c3)C(C)(C)c3ccccc3-4)c3cc4ccccc4c4ccccc34)cc2)c2c1C=CC=CC2. The lowest BCUT2D eigenvalue weighted by molar-refractivity contribution is 0.660. The van der Waals surface area contributed by atoms with Gasteiger partial charge in [-0.05, 0) is 110 Å². The zero-order valence-electron chi connectivity index (χ0n) is 30.0. The van der Waals surface area contributed by atoms with Crippen LogP contribution in [-0.2, 0) is 11.8 Å². The maximum Gasteiger partial charge on any atom is 0.0546 e. The van der Waals surface area contributed by atoms with Crippen LogP contribution < -0.4 is 4.90 Å². The first kappa shape index (κ1) is 31.8. The average molecular weight is 668 g/mol. The topological polar surface area (TPSA) is 3.24 Å². The molecule has 2 aliphatic carbocycles. The van der Waals surface area contributed by atoms with Crippen molar-refractivity contribution in [2.24, 2.45) is 0 Å². The quantitative estimate of drug-likeness (QED) is 0.126. The number of benzene rings is 7. The Kier molecular flexibility index (Phi) is 7.86. The van der Waals surface area contributed by atoms with Gasteiger partial charge in [-0.15, -0.1) is 0 Å². The molecule has 0 spiro atoms. The van der Waals surface area contributed by atoms with Crippen molar-refractivity contribution in [3.8, 4) is 22.3 Å². The van der Waals surface area contributed by atoms with Crippen LogP contribution in [-0.4, -0.2) is 0 Å². The highest BCUT2D eigenvalue weighted by molar-refractivity contribution is 6.14. The van der Waals surface area contributed by atoms with Gasteiger partial charge in [0, 0.05) is 22.2 Å². The molecule has 0 N–H and O–H groups in total. The van der Waals surface area contributed by atoms with Crippen molar-refractivity contribution in [3.05, 3.63) is 198 Å². The minimum Gasteiger partial charge on any atom is -0.310 e. The molecule has 0 unspecified atom stereocenters. The van der Waals surface area contributed by atoms with Crippen LogP contribution in [0.3, 0.4) is 0 Å². The van der Waals surface area contributed by atoms with Crippen molar-refractivity contribution in [2.75, 3.05) is 4.90 Å². The van der Waals surface area contributed by atoms with Crippen LogP contribution >= 0.6 is 0 Å². The van der Waals surface area contributed by atoms with Gasteiger partial charge < -0.3 is 4.90 Å². The molecule has 7 aromatic rings. The lowest BCUT2D eigenvalue weighted by atomic mass is 9.82. The van der Waals surface area contributed by atoms with E-state index < -0.39 is 0 Å². The van der Waals surface area contributed by atoms with Gasteiger partial charge in [-0.25, -0.2) is 0 Å². The Morgan fingerprint density at radius 2 is 1.31 bits per heavy atom. The fraction of sp³-hybridized carbons (Fsp3) is 0.0980. The van der Waals surface area contributed by atoms with Gasteiger partial charge in [-0.2, -0.15) is 0 Å². The lowest BCUT2D eigenvalue weighted by Crippen LogP contribution is -2.16. The molecule has 2 aliphatic rings. The van der Waals surface area contributed by atoms with Crippen LogP contribution in [0.5, 0.6) is 0 Å². The molecule has 250 valence electrons. The third-order valence-electron chi connectivity index (χ3n) is 11.1. The number of rotatable bonds is 6. The Morgan fingerprint density at radius 3 is 2.15 bits per heavy atom. The van der Waals surface area contributed by atoms with Crippen molar-refractivity contribution in [1.82, 2.24) is 0 Å². The molecule has 0 atom stereocenters. The first-order valence-electron chi connectivity index (χ1n) is 18.4. The standard InChI is InChI=1S/C51H41N/c1-4-5-7-16-35-27-31-42(43-20-9-6-8-18-40(35)43)36-25-28-38(29-26-36)52(50-33-37-17-10-11-19-41(37)44-21-12-13-23-47(44)50)39-30-32-46-45-22-14-15-24-48(45)51(2,3)49(46)34-39/h4-19,21-34H,20H2,1-3H3/b5-4-,16-7-. The Labute approximate surface area is 307 Å². The number of hydrogen-bond donors (Lipinski definition) is 0. The monoisotopic (exact) mass is 667 g/mol. The second kappa shape index (κ2) is 12.9. The molecular weight excluding hydrogens is 627 g/mol. The molecule has 0 amide bonds. The van der Waals surface area contributed by atoms with Crippen molar-refractivity contribution < 1.29 is 0 Å². The molecule has 0 saturated carbocycles. The van der Waals surface area contributed by atoms with E-state index in [1.807, 2.05) is 0 Å². The molecular formula is C51H41N. The molecule has 1 heteroatoms. The van der Waals surface area contributed by atoms with Gasteiger partial charge in [-0.1, -0.05) is 166 Å². The summed E-state index contributed by atoms with van der Waals surface area (Å²) >= 11 is 0. The van der Waals surface area contributed by atoms with Gasteiger partial charge in [0.15, 0.2) is 0 Å². The second-order valence-corrected chi connectivity index (χ2v) is 14.4. The minimum atomic E-state index is -0.0994. The highest BCUT2D eigenvalue weighted by atomic mass is 15.1. The predicted octanol–water partition coefficient (Wildman–Crippen LogP) is 14.2. The normalized spacial score (nSPS) is 14.2. The van der Waals surface area contributed by atoms with E-state index in [0.717, 1.165) is 17.8 Å². The highest BCUT2D eigenvalue weighted by Crippen LogP contribution is 2.51. The summed E-state index contributed by atoms with van der Waals surface area (Å²) in [6.07, 6.45) is 18.2. The van der Waals surface area contributed by atoms with Crippen LogP contribution in [0.25, 0.3) is 56.0 Å². The van der Waals surface area contributed by atoms with E-state index >= 15 is 0 Å². The Morgan fingerprint density at radius 1 is 0.596 bits per heavy atom. The van der Waals surface area contributed by atoms with Crippen LogP contribution in [0.4, 0.5) is 17.1 Å². The summed E-state index contributed by atoms with van der Waals surface area (Å²) in [6, 6.07) is 49.7. The summed E-state index contributed by atoms with van der Waals surface area (Å²) < 4.78 is 0. The first-order valence-corrected chi connectivity index (χ1v) is 18.4. The van der Waals surface area contributed by atoms with Crippen molar-refractivity contribution in [1.29, 1.82) is 0 Å².